The largest absolute Gasteiger partial charge is 0.374 e. The molecule has 1 aliphatic rings. The van der Waals surface area contributed by atoms with Crippen LogP contribution in [0.4, 0.5) is 5.69 Å². The number of anilines is 1. The van der Waals surface area contributed by atoms with Crippen LogP contribution < -0.4 is 11.1 Å². The summed E-state index contributed by atoms with van der Waals surface area (Å²) in [5, 5.41) is 3.32. The minimum atomic E-state index is 0.125. The summed E-state index contributed by atoms with van der Waals surface area (Å²) < 4.78 is 5.85. The summed E-state index contributed by atoms with van der Waals surface area (Å²) in [5.41, 5.74) is 9.81. The highest BCUT2D eigenvalue weighted by atomic mass is 16.5. The molecule has 0 saturated carbocycles. The van der Waals surface area contributed by atoms with Gasteiger partial charge in [-0.1, -0.05) is 45.9 Å². The van der Waals surface area contributed by atoms with E-state index in [4.69, 9.17) is 10.5 Å². The number of nitrogens with one attached hydrogen (secondary N) is 1. The molecule has 1 saturated heterocycles. The molecule has 0 aliphatic carbocycles. The zero-order chi connectivity index (χ0) is 18.2. The molecule has 5 nitrogen and oxygen atoms in total. The zero-order valence-electron chi connectivity index (χ0n) is 16.2. The fourth-order valence-corrected chi connectivity index (χ4v) is 3.34. The van der Waals surface area contributed by atoms with Crippen LogP contribution in [-0.2, 0) is 17.6 Å². The van der Waals surface area contributed by atoms with E-state index < -0.39 is 0 Å². The summed E-state index contributed by atoms with van der Waals surface area (Å²) >= 11 is 0. The fraction of sp³-hybridized carbons (Fsp3) is 0.650. The number of aliphatic imine (C=N–C) groups is 1. The van der Waals surface area contributed by atoms with E-state index in [1.54, 1.807) is 0 Å². The van der Waals surface area contributed by atoms with Gasteiger partial charge in [0.05, 0.1) is 19.3 Å². The molecule has 0 bridgehead atoms. The number of rotatable bonds is 7. The van der Waals surface area contributed by atoms with Crippen molar-refractivity contribution >= 4 is 11.6 Å². The Morgan fingerprint density at radius 3 is 2.60 bits per heavy atom. The first-order valence-corrected chi connectivity index (χ1v) is 9.55. The zero-order valence-corrected chi connectivity index (χ0v) is 16.2. The van der Waals surface area contributed by atoms with Crippen molar-refractivity contribution in [2.45, 2.75) is 46.6 Å². The van der Waals surface area contributed by atoms with Crippen molar-refractivity contribution in [1.82, 2.24) is 4.90 Å². The first-order chi connectivity index (χ1) is 12.0. The van der Waals surface area contributed by atoms with Crippen molar-refractivity contribution in [3.05, 3.63) is 29.3 Å². The maximum Gasteiger partial charge on any atom is 0.193 e. The molecule has 1 heterocycles. The van der Waals surface area contributed by atoms with E-state index in [-0.39, 0.29) is 6.10 Å². The molecule has 1 aliphatic heterocycles. The summed E-state index contributed by atoms with van der Waals surface area (Å²) in [6, 6.07) is 6.39. The Balaban J connectivity index is 1.96. The molecular weight excluding hydrogens is 312 g/mol. The average molecular weight is 347 g/mol. The van der Waals surface area contributed by atoms with E-state index in [1.807, 2.05) is 0 Å². The van der Waals surface area contributed by atoms with Crippen LogP contribution in [0.25, 0.3) is 0 Å². The van der Waals surface area contributed by atoms with Crippen LogP contribution in [0.1, 0.15) is 38.8 Å². The van der Waals surface area contributed by atoms with Crippen LogP contribution in [0.3, 0.4) is 0 Å². The summed E-state index contributed by atoms with van der Waals surface area (Å²) in [7, 11) is 0. The molecule has 1 unspecified atom stereocenters. The van der Waals surface area contributed by atoms with Crippen molar-refractivity contribution in [2.75, 3.05) is 38.1 Å². The Hall–Kier alpha value is -1.59. The van der Waals surface area contributed by atoms with Gasteiger partial charge in [-0.2, -0.15) is 0 Å². The van der Waals surface area contributed by atoms with Crippen molar-refractivity contribution in [3.63, 3.8) is 0 Å². The van der Waals surface area contributed by atoms with E-state index in [2.05, 4.69) is 61.1 Å². The van der Waals surface area contributed by atoms with Crippen molar-refractivity contribution < 1.29 is 4.74 Å². The molecule has 5 heteroatoms. The molecule has 140 valence electrons. The smallest absolute Gasteiger partial charge is 0.193 e. The molecule has 0 amide bonds. The van der Waals surface area contributed by atoms with Crippen molar-refractivity contribution in [1.29, 1.82) is 0 Å². The van der Waals surface area contributed by atoms with Crippen LogP contribution in [-0.4, -0.2) is 49.7 Å². The number of ether oxygens (including phenoxy) is 1. The molecule has 1 fully saturated rings. The van der Waals surface area contributed by atoms with Gasteiger partial charge in [-0.25, -0.2) is 0 Å². The molecule has 0 aromatic heterocycles. The van der Waals surface area contributed by atoms with Gasteiger partial charge in [0.1, 0.15) is 0 Å². The Morgan fingerprint density at radius 1 is 1.32 bits per heavy atom. The summed E-state index contributed by atoms with van der Waals surface area (Å²) in [6.07, 6.45) is 2.07. The average Bonchev–Trinajstić information content (AvgIpc) is 2.60. The van der Waals surface area contributed by atoms with E-state index in [1.165, 1.54) is 11.1 Å². The van der Waals surface area contributed by atoms with Gasteiger partial charge in [-0.3, -0.25) is 9.89 Å². The SMILES string of the molecule is CCc1cccc(CC)c1NC(N)=NCC1CN(CC(C)C)CCO1. The molecule has 0 spiro atoms. The highest BCUT2D eigenvalue weighted by Crippen LogP contribution is 2.22. The van der Waals surface area contributed by atoms with Gasteiger partial charge in [0.15, 0.2) is 5.96 Å². The highest BCUT2D eigenvalue weighted by molar-refractivity contribution is 5.93. The highest BCUT2D eigenvalue weighted by Gasteiger charge is 2.20. The van der Waals surface area contributed by atoms with Crippen molar-refractivity contribution in [2.24, 2.45) is 16.6 Å². The van der Waals surface area contributed by atoms with Gasteiger partial charge in [-0.15, -0.1) is 0 Å². The fourth-order valence-electron chi connectivity index (χ4n) is 3.34. The van der Waals surface area contributed by atoms with E-state index in [9.17, 15) is 0 Å². The van der Waals surface area contributed by atoms with Crippen LogP contribution in [0, 0.1) is 5.92 Å². The lowest BCUT2D eigenvalue weighted by Gasteiger charge is -2.33. The number of aryl methyl sites for hydroxylation is 2. The predicted molar refractivity (Wildman–Crippen MR) is 106 cm³/mol. The Bertz CT molecular complexity index is 549. The number of hydrogen-bond acceptors (Lipinski definition) is 3. The van der Waals surface area contributed by atoms with Gasteiger partial charge in [0, 0.05) is 25.3 Å². The number of benzene rings is 1. The Morgan fingerprint density at radius 2 is 2.00 bits per heavy atom. The minimum Gasteiger partial charge on any atom is -0.374 e. The maximum atomic E-state index is 6.16. The topological polar surface area (TPSA) is 62.9 Å². The number of guanidine groups is 1. The molecule has 1 aromatic rings. The second-order valence-electron chi connectivity index (χ2n) is 7.16. The molecule has 2 rings (SSSR count). The van der Waals surface area contributed by atoms with Gasteiger partial charge < -0.3 is 15.8 Å². The van der Waals surface area contributed by atoms with E-state index in [0.29, 0.717) is 18.4 Å². The summed E-state index contributed by atoms with van der Waals surface area (Å²) in [4.78, 5) is 7.00. The van der Waals surface area contributed by atoms with E-state index >= 15 is 0 Å². The second-order valence-corrected chi connectivity index (χ2v) is 7.16. The standard InChI is InChI=1S/C20H34N4O/c1-5-16-8-7-9-17(6-2)19(16)23-20(21)22-12-18-14-24(10-11-25-18)13-15(3)4/h7-9,15,18H,5-6,10-14H2,1-4H3,(H3,21,22,23). The summed E-state index contributed by atoms with van der Waals surface area (Å²) in [6.45, 7) is 13.3. The van der Waals surface area contributed by atoms with Crippen LogP contribution in [0.5, 0.6) is 0 Å². The number of nitrogens with zero attached hydrogens (tertiary/aromatic N) is 2. The first-order valence-electron chi connectivity index (χ1n) is 9.55. The Labute approximate surface area is 152 Å². The Kier molecular flexibility index (Phi) is 7.72. The molecule has 25 heavy (non-hydrogen) atoms. The third-order valence-electron chi connectivity index (χ3n) is 4.56. The third-order valence-corrected chi connectivity index (χ3v) is 4.56. The lowest BCUT2D eigenvalue weighted by atomic mass is 10.0. The lowest BCUT2D eigenvalue weighted by molar-refractivity contribution is -0.0261. The third kappa shape index (κ3) is 6.01. The quantitative estimate of drug-likeness (QED) is 0.589. The maximum absolute atomic E-state index is 6.16. The molecule has 0 radical (unpaired) electrons. The number of nitrogens with two attached hydrogens (primary N) is 1. The number of hydrogen-bond donors (Lipinski definition) is 2. The van der Waals surface area contributed by atoms with Crippen LogP contribution in [0.2, 0.25) is 0 Å². The molecule has 3 N–H and O–H groups in total. The van der Waals surface area contributed by atoms with Crippen LogP contribution >= 0.6 is 0 Å². The second kappa shape index (κ2) is 9.78. The van der Waals surface area contributed by atoms with E-state index in [0.717, 1.165) is 44.8 Å². The molecule has 1 atom stereocenters. The minimum absolute atomic E-state index is 0.125. The van der Waals surface area contributed by atoms with Gasteiger partial charge >= 0.3 is 0 Å². The summed E-state index contributed by atoms with van der Waals surface area (Å²) in [5.74, 6) is 1.15. The molecule has 1 aromatic carbocycles. The first kappa shape index (κ1) is 19.7. The predicted octanol–water partition coefficient (Wildman–Crippen LogP) is 2.89. The number of morpholine rings is 1. The van der Waals surface area contributed by atoms with Crippen molar-refractivity contribution in [3.8, 4) is 0 Å². The number of para-hydroxylation sites is 1. The normalized spacial score (nSPS) is 19.4. The van der Waals surface area contributed by atoms with Crippen LogP contribution in [0.15, 0.2) is 23.2 Å². The van der Waals surface area contributed by atoms with Gasteiger partial charge in [-0.05, 0) is 29.9 Å². The van der Waals surface area contributed by atoms with Gasteiger partial charge in [0.25, 0.3) is 0 Å². The monoisotopic (exact) mass is 346 g/mol. The lowest BCUT2D eigenvalue weighted by Crippen LogP contribution is -2.45. The molecular formula is C20H34N4O. The van der Waals surface area contributed by atoms with Gasteiger partial charge in [0.2, 0.25) is 0 Å².